The Morgan fingerprint density at radius 2 is 1.90 bits per heavy atom. The Morgan fingerprint density at radius 3 is 2.62 bits per heavy atom. The smallest absolute Gasteiger partial charge is 0.326 e. The van der Waals surface area contributed by atoms with Gasteiger partial charge in [0.2, 0.25) is 0 Å². The van der Waals surface area contributed by atoms with E-state index in [0.29, 0.717) is 13.2 Å². The van der Waals surface area contributed by atoms with Crippen molar-refractivity contribution in [3.63, 3.8) is 0 Å². The summed E-state index contributed by atoms with van der Waals surface area (Å²) in [6.07, 6.45) is 5.77. The Kier molecular flexibility index (Phi) is 5.67. The van der Waals surface area contributed by atoms with Gasteiger partial charge in [-0.2, -0.15) is 0 Å². The fourth-order valence-electron chi connectivity index (χ4n) is 4.90. The lowest BCUT2D eigenvalue weighted by molar-refractivity contribution is -0.133. The van der Waals surface area contributed by atoms with E-state index in [0.717, 1.165) is 63.1 Å². The van der Waals surface area contributed by atoms with Gasteiger partial charge in [0.15, 0.2) is 0 Å². The van der Waals surface area contributed by atoms with Gasteiger partial charge in [0.25, 0.3) is 5.91 Å². The molecule has 0 bridgehead atoms. The maximum Gasteiger partial charge on any atom is 0.326 e. The highest BCUT2D eigenvalue weighted by atomic mass is 16.5. The second kappa shape index (κ2) is 8.22. The third-order valence-electron chi connectivity index (χ3n) is 6.41. The number of benzene rings is 1. The quantitative estimate of drug-likeness (QED) is 0.770. The summed E-state index contributed by atoms with van der Waals surface area (Å²) in [5, 5.41) is 3.02. The van der Waals surface area contributed by atoms with Crippen molar-refractivity contribution in [2.45, 2.75) is 57.1 Å². The van der Waals surface area contributed by atoms with Crippen LogP contribution >= 0.6 is 0 Å². The fourth-order valence-corrected chi connectivity index (χ4v) is 4.90. The van der Waals surface area contributed by atoms with Crippen LogP contribution in [0.15, 0.2) is 24.3 Å². The van der Waals surface area contributed by atoms with E-state index in [4.69, 9.17) is 4.74 Å². The van der Waals surface area contributed by atoms with Gasteiger partial charge >= 0.3 is 6.03 Å². The Morgan fingerprint density at radius 1 is 1.17 bits per heavy atom. The Labute approximate surface area is 173 Å². The lowest BCUT2D eigenvalue weighted by Crippen LogP contribution is -2.49. The third kappa shape index (κ3) is 3.92. The minimum Gasteiger partial charge on any atom is -0.485 e. The van der Waals surface area contributed by atoms with Gasteiger partial charge in [-0.25, -0.2) is 9.69 Å². The van der Waals surface area contributed by atoms with Crippen LogP contribution in [0.5, 0.6) is 5.75 Å². The maximum absolute atomic E-state index is 13.1. The normalized spacial score (nSPS) is 23.8. The van der Waals surface area contributed by atoms with Crippen molar-refractivity contribution in [3.8, 4) is 5.75 Å². The van der Waals surface area contributed by atoms with Crippen molar-refractivity contribution in [3.05, 3.63) is 24.3 Å². The van der Waals surface area contributed by atoms with E-state index in [-0.39, 0.29) is 18.0 Å². The first-order chi connectivity index (χ1) is 14.0. The van der Waals surface area contributed by atoms with E-state index in [1.54, 1.807) is 0 Å². The average Bonchev–Trinajstić information content (AvgIpc) is 2.87. The van der Waals surface area contributed by atoms with Gasteiger partial charge in [-0.3, -0.25) is 9.69 Å². The highest BCUT2D eigenvalue weighted by Gasteiger charge is 2.50. The molecule has 0 unspecified atom stereocenters. The molecule has 1 N–H and O–H groups in total. The van der Waals surface area contributed by atoms with Crippen molar-refractivity contribution in [2.75, 3.05) is 38.3 Å². The molecule has 1 atom stereocenters. The van der Waals surface area contributed by atoms with Crippen LogP contribution in [0.2, 0.25) is 0 Å². The van der Waals surface area contributed by atoms with Gasteiger partial charge in [-0.15, -0.1) is 0 Å². The molecule has 29 heavy (non-hydrogen) atoms. The Balaban J connectivity index is 1.39. The molecule has 4 rings (SSSR count). The van der Waals surface area contributed by atoms with E-state index in [1.807, 2.05) is 30.1 Å². The number of likely N-dealkylation sites (N-methyl/N-ethyl adjacent to an activating group) is 2. The van der Waals surface area contributed by atoms with Gasteiger partial charge in [0.05, 0.1) is 18.9 Å². The van der Waals surface area contributed by atoms with Crippen molar-refractivity contribution in [1.82, 2.24) is 15.1 Å². The number of carbonyl (C=O) groups excluding carboxylic acids is 2. The van der Waals surface area contributed by atoms with Crippen molar-refractivity contribution < 1.29 is 14.3 Å². The molecule has 1 spiro atoms. The molecule has 1 aromatic rings. The lowest BCUT2D eigenvalue weighted by atomic mass is 9.90. The molecule has 2 aliphatic heterocycles. The second-order valence-corrected chi connectivity index (χ2v) is 8.59. The van der Waals surface area contributed by atoms with Gasteiger partial charge < -0.3 is 15.0 Å². The fraction of sp³-hybridized carbons (Fsp3) is 0.636. The van der Waals surface area contributed by atoms with E-state index in [1.165, 1.54) is 4.90 Å². The molecule has 3 aliphatic rings. The number of rotatable bonds is 5. The summed E-state index contributed by atoms with van der Waals surface area (Å²) >= 11 is 0. The zero-order valence-electron chi connectivity index (χ0n) is 17.5. The number of ether oxygens (including phenoxy) is 1. The number of para-hydroxylation sites is 2. The minimum atomic E-state index is -0.673. The molecule has 2 heterocycles. The van der Waals surface area contributed by atoms with Crippen LogP contribution in [-0.2, 0) is 4.79 Å². The molecule has 158 valence electrons. The molecule has 3 amide bonds. The first-order valence-corrected chi connectivity index (χ1v) is 10.9. The first-order valence-electron chi connectivity index (χ1n) is 10.9. The minimum absolute atomic E-state index is 0.0116. The van der Waals surface area contributed by atoms with Crippen LogP contribution in [0.4, 0.5) is 10.5 Å². The van der Waals surface area contributed by atoms with E-state index < -0.39 is 5.54 Å². The number of urea groups is 1. The molecule has 7 heteroatoms. The van der Waals surface area contributed by atoms with Gasteiger partial charge in [0.1, 0.15) is 17.4 Å². The van der Waals surface area contributed by atoms with Crippen LogP contribution in [0.3, 0.4) is 0 Å². The number of anilines is 1. The van der Waals surface area contributed by atoms with Crippen LogP contribution in [0, 0.1) is 0 Å². The maximum atomic E-state index is 13.1. The van der Waals surface area contributed by atoms with Gasteiger partial charge in [-0.1, -0.05) is 37.8 Å². The SMILES string of the molecule is CCN1C[C@H](CN(C)CN2C(=O)NC3(CCCCCC3)C2=O)Oc2ccccc21. The number of nitrogens with one attached hydrogen (secondary N) is 1. The highest BCUT2D eigenvalue weighted by Crippen LogP contribution is 2.34. The largest absolute Gasteiger partial charge is 0.485 e. The predicted molar refractivity (Wildman–Crippen MR) is 112 cm³/mol. The van der Waals surface area contributed by atoms with E-state index >= 15 is 0 Å². The Hall–Kier alpha value is -2.28. The van der Waals surface area contributed by atoms with Crippen LogP contribution < -0.4 is 15.0 Å². The summed E-state index contributed by atoms with van der Waals surface area (Å²) in [7, 11) is 1.94. The number of nitrogens with zero attached hydrogens (tertiary/aromatic N) is 3. The zero-order valence-corrected chi connectivity index (χ0v) is 17.5. The summed E-state index contributed by atoms with van der Waals surface area (Å²) < 4.78 is 6.19. The average molecular weight is 401 g/mol. The number of fused-ring (bicyclic) bond motifs is 1. The molecule has 1 saturated carbocycles. The predicted octanol–water partition coefficient (Wildman–Crippen LogP) is 2.81. The van der Waals surface area contributed by atoms with E-state index in [9.17, 15) is 9.59 Å². The summed E-state index contributed by atoms with van der Waals surface area (Å²) in [6.45, 7) is 4.79. The number of amides is 3. The number of hydrogen-bond acceptors (Lipinski definition) is 5. The molecule has 7 nitrogen and oxygen atoms in total. The van der Waals surface area contributed by atoms with Crippen molar-refractivity contribution in [2.24, 2.45) is 0 Å². The summed E-state index contributed by atoms with van der Waals surface area (Å²) in [4.78, 5) is 31.4. The number of hydrogen-bond donors (Lipinski definition) is 1. The van der Waals surface area contributed by atoms with Crippen LogP contribution in [0.25, 0.3) is 0 Å². The molecular formula is C22H32N4O3. The molecule has 0 aromatic heterocycles. The van der Waals surface area contributed by atoms with Gasteiger partial charge in [0, 0.05) is 13.1 Å². The molecular weight excluding hydrogens is 368 g/mol. The standard InChI is InChI=1S/C22H32N4O3/c1-3-25-15-17(29-19-11-7-6-10-18(19)25)14-24(2)16-26-20(27)22(23-21(26)28)12-8-4-5-9-13-22/h6-7,10-11,17H,3-5,8-9,12-16H2,1-2H3,(H,23,28)/t17-/m0/s1. The Bertz CT molecular complexity index is 760. The molecule has 1 aliphatic carbocycles. The highest BCUT2D eigenvalue weighted by molar-refractivity contribution is 6.07. The molecule has 1 aromatic carbocycles. The van der Waals surface area contributed by atoms with Gasteiger partial charge in [-0.05, 0) is 38.9 Å². The molecule has 0 radical (unpaired) electrons. The summed E-state index contributed by atoms with van der Waals surface area (Å²) in [5.41, 5.74) is 0.451. The first kappa shape index (κ1) is 20.0. The molecule has 1 saturated heterocycles. The monoisotopic (exact) mass is 400 g/mol. The summed E-state index contributed by atoms with van der Waals surface area (Å²) in [6, 6.07) is 7.83. The van der Waals surface area contributed by atoms with E-state index in [2.05, 4.69) is 23.2 Å². The second-order valence-electron chi connectivity index (χ2n) is 8.59. The topological polar surface area (TPSA) is 65.1 Å². The number of imide groups is 1. The van der Waals surface area contributed by atoms with Crippen molar-refractivity contribution >= 4 is 17.6 Å². The van der Waals surface area contributed by atoms with Crippen LogP contribution in [0.1, 0.15) is 45.4 Å². The number of carbonyl (C=O) groups is 2. The van der Waals surface area contributed by atoms with Crippen molar-refractivity contribution in [1.29, 1.82) is 0 Å². The van der Waals surface area contributed by atoms with Crippen LogP contribution in [-0.4, -0.2) is 66.7 Å². The lowest BCUT2D eigenvalue weighted by Gasteiger charge is -2.37. The zero-order chi connectivity index (χ0) is 20.4. The molecule has 2 fully saturated rings. The third-order valence-corrected chi connectivity index (χ3v) is 6.41. The summed E-state index contributed by atoms with van der Waals surface area (Å²) in [5.74, 6) is 0.841.